The summed E-state index contributed by atoms with van der Waals surface area (Å²) >= 11 is 1.61. The van der Waals surface area contributed by atoms with Gasteiger partial charge >= 0.3 is 5.97 Å². The highest BCUT2D eigenvalue weighted by Crippen LogP contribution is 2.31. The van der Waals surface area contributed by atoms with Gasteiger partial charge in [0.1, 0.15) is 16.9 Å². The summed E-state index contributed by atoms with van der Waals surface area (Å²) in [5.74, 6) is -0.414. The van der Waals surface area contributed by atoms with E-state index in [1.165, 1.54) is 0 Å². The minimum atomic E-state index is -0.565. The maximum atomic E-state index is 12.6. The van der Waals surface area contributed by atoms with Gasteiger partial charge in [-0.3, -0.25) is 9.56 Å². The Morgan fingerprint density at radius 3 is 2.69 bits per heavy atom. The zero-order valence-electron chi connectivity index (χ0n) is 14.9. The predicted molar refractivity (Wildman–Crippen MR) is 102 cm³/mol. The summed E-state index contributed by atoms with van der Waals surface area (Å²) < 4.78 is 7.47. The number of esters is 1. The lowest BCUT2D eigenvalue weighted by Crippen LogP contribution is -2.24. The minimum absolute atomic E-state index is 0.331. The fourth-order valence-corrected chi connectivity index (χ4v) is 3.84. The molecule has 0 amide bonds. The van der Waals surface area contributed by atoms with Crippen molar-refractivity contribution in [2.75, 3.05) is 0 Å². The standard InChI is InChI=1S/C20H19N3O2S/c1-20(2,3)25-19(24)17-15-11-21-16(13-7-5-4-6-8-13)14-9-10-26-18(14)23(15)12-22-17/h4-10,12H,11H2,1-3H3. The van der Waals surface area contributed by atoms with E-state index in [1.54, 1.807) is 17.7 Å². The first-order valence-electron chi connectivity index (χ1n) is 8.42. The molecule has 0 N–H and O–H groups in total. The number of thiophene rings is 1. The topological polar surface area (TPSA) is 56.5 Å². The van der Waals surface area contributed by atoms with Gasteiger partial charge in [0, 0.05) is 11.1 Å². The van der Waals surface area contributed by atoms with Crippen molar-refractivity contribution in [1.82, 2.24) is 9.55 Å². The number of hydrogen-bond acceptors (Lipinski definition) is 5. The van der Waals surface area contributed by atoms with Crippen LogP contribution in [-0.4, -0.2) is 26.8 Å². The maximum Gasteiger partial charge on any atom is 0.359 e. The molecule has 0 bridgehead atoms. The summed E-state index contributed by atoms with van der Waals surface area (Å²) in [5.41, 5.74) is 3.56. The molecule has 26 heavy (non-hydrogen) atoms. The normalized spacial score (nSPS) is 13.4. The first-order valence-corrected chi connectivity index (χ1v) is 9.30. The van der Waals surface area contributed by atoms with E-state index < -0.39 is 11.6 Å². The van der Waals surface area contributed by atoms with E-state index in [4.69, 9.17) is 9.73 Å². The second-order valence-corrected chi connectivity index (χ2v) is 7.98. The molecule has 0 radical (unpaired) electrons. The Labute approximate surface area is 156 Å². The van der Waals surface area contributed by atoms with E-state index >= 15 is 0 Å². The number of ether oxygens (including phenoxy) is 1. The molecule has 0 fully saturated rings. The molecule has 0 spiro atoms. The minimum Gasteiger partial charge on any atom is -0.455 e. The highest BCUT2D eigenvalue weighted by Gasteiger charge is 2.28. The Balaban J connectivity index is 1.81. The summed E-state index contributed by atoms with van der Waals surface area (Å²) in [5, 5.41) is 3.05. The quantitative estimate of drug-likeness (QED) is 0.638. The average molecular weight is 365 g/mol. The lowest BCUT2D eigenvalue weighted by molar-refractivity contribution is 0.00621. The molecule has 0 unspecified atom stereocenters. The van der Waals surface area contributed by atoms with Crippen molar-refractivity contribution < 1.29 is 9.53 Å². The number of carbonyl (C=O) groups is 1. The Kier molecular flexibility index (Phi) is 4.00. The van der Waals surface area contributed by atoms with Gasteiger partial charge in [0.25, 0.3) is 0 Å². The lowest BCUT2D eigenvalue weighted by atomic mass is 10.0. The highest BCUT2D eigenvalue weighted by molar-refractivity contribution is 7.13. The van der Waals surface area contributed by atoms with Crippen molar-refractivity contribution in [2.45, 2.75) is 32.9 Å². The molecule has 3 aromatic rings. The van der Waals surface area contributed by atoms with Gasteiger partial charge < -0.3 is 4.74 Å². The summed E-state index contributed by atoms with van der Waals surface area (Å²) in [6, 6.07) is 12.2. The lowest BCUT2D eigenvalue weighted by Gasteiger charge is -2.19. The second-order valence-electron chi connectivity index (χ2n) is 7.08. The molecule has 5 nitrogen and oxygen atoms in total. The molecule has 0 saturated heterocycles. The van der Waals surface area contributed by atoms with E-state index in [0.29, 0.717) is 12.2 Å². The van der Waals surface area contributed by atoms with E-state index in [9.17, 15) is 4.79 Å². The number of fused-ring (bicyclic) bond motifs is 3. The van der Waals surface area contributed by atoms with Gasteiger partial charge in [-0.25, -0.2) is 9.78 Å². The largest absolute Gasteiger partial charge is 0.455 e. The zero-order chi connectivity index (χ0) is 18.3. The fourth-order valence-electron chi connectivity index (χ4n) is 2.95. The number of benzene rings is 1. The summed E-state index contributed by atoms with van der Waals surface area (Å²) in [6.07, 6.45) is 1.69. The third-order valence-electron chi connectivity index (χ3n) is 4.01. The smallest absolute Gasteiger partial charge is 0.359 e. The van der Waals surface area contributed by atoms with E-state index in [1.807, 2.05) is 61.1 Å². The first kappa shape index (κ1) is 16.7. The number of nitrogens with zero attached hydrogens (tertiary/aromatic N) is 3. The van der Waals surface area contributed by atoms with E-state index in [0.717, 1.165) is 27.5 Å². The number of aromatic nitrogens is 2. The Hall–Kier alpha value is -2.73. The van der Waals surface area contributed by atoms with Crippen LogP contribution in [0.25, 0.3) is 5.00 Å². The molecule has 0 atom stereocenters. The molecule has 3 heterocycles. The van der Waals surface area contributed by atoms with E-state index in [-0.39, 0.29) is 0 Å². The predicted octanol–water partition coefficient (Wildman–Crippen LogP) is 4.24. The molecule has 2 aromatic heterocycles. The van der Waals surface area contributed by atoms with Crippen LogP contribution in [0, 0.1) is 0 Å². The van der Waals surface area contributed by atoms with Crippen LogP contribution in [-0.2, 0) is 11.3 Å². The van der Waals surface area contributed by atoms with Gasteiger partial charge in [-0.05, 0) is 32.2 Å². The molecule has 1 aliphatic heterocycles. The molecule has 0 saturated carbocycles. The zero-order valence-corrected chi connectivity index (χ0v) is 15.7. The number of hydrogen-bond donors (Lipinski definition) is 0. The van der Waals surface area contributed by atoms with Crippen molar-refractivity contribution in [2.24, 2.45) is 4.99 Å². The van der Waals surface area contributed by atoms with Crippen LogP contribution in [0.2, 0.25) is 0 Å². The SMILES string of the molecule is CC(C)(C)OC(=O)c1ncn2c1CN=C(c1ccccc1)c1ccsc1-2. The number of rotatable bonds is 2. The second kappa shape index (κ2) is 6.21. The van der Waals surface area contributed by atoms with Crippen LogP contribution in [0.4, 0.5) is 0 Å². The van der Waals surface area contributed by atoms with Crippen LogP contribution in [0.5, 0.6) is 0 Å². The maximum absolute atomic E-state index is 12.6. The van der Waals surface area contributed by atoms with Crippen molar-refractivity contribution in [3.63, 3.8) is 0 Å². The molecular formula is C20H19N3O2S. The van der Waals surface area contributed by atoms with Gasteiger partial charge in [-0.2, -0.15) is 0 Å². The fraction of sp³-hybridized carbons (Fsp3) is 0.250. The monoisotopic (exact) mass is 365 g/mol. The molecule has 4 rings (SSSR count). The molecule has 0 aliphatic carbocycles. The molecular weight excluding hydrogens is 346 g/mol. The number of aliphatic imine (C=N–C) groups is 1. The summed E-state index contributed by atoms with van der Waals surface area (Å²) in [4.78, 5) is 21.7. The summed E-state index contributed by atoms with van der Waals surface area (Å²) in [6.45, 7) is 5.92. The van der Waals surface area contributed by atoms with Gasteiger partial charge in [0.15, 0.2) is 5.69 Å². The molecule has 1 aromatic carbocycles. The Bertz CT molecular complexity index is 994. The van der Waals surface area contributed by atoms with Crippen molar-refractivity contribution in [3.05, 3.63) is 70.6 Å². The van der Waals surface area contributed by atoms with E-state index in [2.05, 4.69) is 11.1 Å². The van der Waals surface area contributed by atoms with Gasteiger partial charge in [0.05, 0.1) is 18.0 Å². The average Bonchev–Trinajstić information content (AvgIpc) is 3.19. The number of carbonyl (C=O) groups excluding carboxylic acids is 1. The van der Waals surface area contributed by atoms with Crippen LogP contribution in [0.3, 0.4) is 0 Å². The van der Waals surface area contributed by atoms with Crippen molar-refractivity contribution in [1.29, 1.82) is 0 Å². The third kappa shape index (κ3) is 2.97. The first-order chi connectivity index (χ1) is 12.4. The van der Waals surface area contributed by atoms with Gasteiger partial charge in [-0.1, -0.05) is 30.3 Å². The third-order valence-corrected chi connectivity index (χ3v) is 4.92. The molecule has 132 valence electrons. The molecule has 1 aliphatic rings. The van der Waals surface area contributed by atoms with Gasteiger partial charge in [0.2, 0.25) is 0 Å². The highest BCUT2D eigenvalue weighted by atomic mass is 32.1. The van der Waals surface area contributed by atoms with Crippen LogP contribution in [0.1, 0.15) is 48.1 Å². The molecule has 6 heteroatoms. The van der Waals surface area contributed by atoms with Crippen LogP contribution >= 0.6 is 11.3 Å². The Morgan fingerprint density at radius 2 is 1.96 bits per heavy atom. The number of imidazole rings is 1. The van der Waals surface area contributed by atoms with Crippen LogP contribution in [0.15, 0.2) is 53.1 Å². The van der Waals surface area contributed by atoms with Crippen molar-refractivity contribution in [3.8, 4) is 5.00 Å². The van der Waals surface area contributed by atoms with Crippen LogP contribution < -0.4 is 0 Å². The summed E-state index contributed by atoms with van der Waals surface area (Å²) in [7, 11) is 0. The van der Waals surface area contributed by atoms with Gasteiger partial charge in [-0.15, -0.1) is 11.3 Å². The van der Waals surface area contributed by atoms with Crippen molar-refractivity contribution >= 4 is 23.0 Å². The Morgan fingerprint density at radius 1 is 1.19 bits per heavy atom.